The number of allylic oxidation sites excluding steroid dienone is 5. The van der Waals surface area contributed by atoms with Gasteiger partial charge in [0.05, 0.1) is 24.9 Å². The Morgan fingerprint density at radius 1 is 1.00 bits per heavy atom. The predicted octanol–water partition coefficient (Wildman–Crippen LogP) is 6.11. The Balaban J connectivity index is 0.00000188. The van der Waals surface area contributed by atoms with Gasteiger partial charge in [0.1, 0.15) is 6.10 Å². The van der Waals surface area contributed by atoms with Gasteiger partial charge in [-0.15, -0.1) is 0 Å². The van der Waals surface area contributed by atoms with Gasteiger partial charge in [-0.2, -0.15) is 0 Å². The lowest BCUT2D eigenvalue weighted by molar-refractivity contribution is -0.136. The topological polar surface area (TPSA) is 99.8 Å². The van der Waals surface area contributed by atoms with E-state index in [-0.39, 0.29) is 36.9 Å². The van der Waals surface area contributed by atoms with Crippen LogP contribution in [-0.2, 0) is 19.1 Å². The molecule has 9 heteroatoms. The Hall–Kier alpha value is -3.10. The van der Waals surface area contributed by atoms with Gasteiger partial charge >= 0.3 is 0 Å². The number of nitrogens with zero attached hydrogens (tertiary/aromatic N) is 1. The molecule has 0 fully saturated rings. The van der Waals surface area contributed by atoms with Crippen molar-refractivity contribution in [3.8, 4) is 0 Å². The van der Waals surface area contributed by atoms with Gasteiger partial charge in [0.2, 0.25) is 17.7 Å². The monoisotopic (exact) mass is 618 g/mol. The third-order valence-electron chi connectivity index (χ3n) is 6.40. The fourth-order valence-corrected chi connectivity index (χ4v) is 3.86. The van der Waals surface area contributed by atoms with Crippen LogP contribution in [0, 0.1) is 6.92 Å². The maximum absolute atomic E-state index is 13.0. The van der Waals surface area contributed by atoms with Gasteiger partial charge in [-0.1, -0.05) is 93.1 Å². The second kappa shape index (κ2) is 24.4. The molecule has 1 rings (SSSR count). The summed E-state index contributed by atoms with van der Waals surface area (Å²) in [5, 5.41) is 9.47. The number of rotatable bonds is 19. The highest BCUT2D eigenvalue weighted by atomic mass is 35.5. The lowest BCUT2D eigenvalue weighted by Crippen LogP contribution is -2.50. The van der Waals surface area contributed by atoms with Gasteiger partial charge in [0.15, 0.2) is 0 Å². The van der Waals surface area contributed by atoms with Crippen LogP contribution in [0.4, 0.5) is 0 Å². The Kier molecular flexibility index (Phi) is 22.6. The number of ether oxygens (including phenoxy) is 1. The Morgan fingerprint density at radius 3 is 2.23 bits per heavy atom. The quantitative estimate of drug-likeness (QED) is 0.0988. The number of halogens is 1. The maximum Gasteiger partial charge on any atom is 0.240 e. The number of carbonyl (C=O) groups excluding carboxylic acids is 3. The Labute approximate surface area is 265 Å². The standard InChI is InChI=1S/C27H48N4O4.C7H7Cl/c1-8-11-13-17-28-25(32)19-30-26(33)20-31(7)27(34)24(14-12-9-2)29-18-23(6)35-22(5)16-15-21(4)10-3;1-6-2-4-7(8)5-3-6/h10,15-16,23-24,29H,3,8-9,11-14,17-20H2,1-2,4-7H3,(H,28,32)(H,30,33);2-5H,1H3/b21-15-,22-16+;/t23-,24?;/m1./s1. The first-order chi connectivity index (χ1) is 20.4. The normalized spacial score (nSPS) is 12.7. The molecule has 0 aliphatic carbocycles. The van der Waals surface area contributed by atoms with Crippen molar-refractivity contribution in [3.05, 3.63) is 71.0 Å². The molecule has 0 radical (unpaired) electrons. The largest absolute Gasteiger partial charge is 0.494 e. The van der Waals surface area contributed by atoms with Gasteiger partial charge in [0, 0.05) is 25.2 Å². The van der Waals surface area contributed by atoms with E-state index in [1.807, 2.05) is 64.1 Å². The number of hydrogen-bond donors (Lipinski definition) is 3. The third-order valence-corrected chi connectivity index (χ3v) is 6.65. The molecule has 1 aromatic rings. The molecule has 0 aliphatic heterocycles. The molecule has 0 spiro atoms. The van der Waals surface area contributed by atoms with Crippen molar-refractivity contribution in [2.24, 2.45) is 0 Å². The van der Waals surface area contributed by atoms with Crippen LogP contribution in [-0.4, -0.2) is 68.0 Å². The number of benzene rings is 1. The summed E-state index contributed by atoms with van der Waals surface area (Å²) in [6.45, 7) is 16.6. The number of unbranched alkanes of at least 4 members (excludes halogenated alkanes) is 3. The number of aryl methyl sites for hydroxylation is 1. The van der Waals surface area contributed by atoms with Crippen molar-refractivity contribution in [3.63, 3.8) is 0 Å². The predicted molar refractivity (Wildman–Crippen MR) is 179 cm³/mol. The molecular weight excluding hydrogens is 564 g/mol. The zero-order valence-corrected chi connectivity index (χ0v) is 28.2. The van der Waals surface area contributed by atoms with Crippen molar-refractivity contribution in [2.45, 2.75) is 92.2 Å². The molecular formula is C34H55ClN4O4. The van der Waals surface area contributed by atoms with Crippen LogP contribution in [0.25, 0.3) is 0 Å². The first-order valence-corrected chi connectivity index (χ1v) is 15.7. The molecule has 43 heavy (non-hydrogen) atoms. The minimum absolute atomic E-state index is 0.0895. The molecule has 0 saturated heterocycles. The van der Waals surface area contributed by atoms with Gasteiger partial charge in [0.25, 0.3) is 0 Å². The van der Waals surface area contributed by atoms with Gasteiger partial charge in [-0.25, -0.2) is 0 Å². The Morgan fingerprint density at radius 2 is 1.65 bits per heavy atom. The van der Waals surface area contributed by atoms with E-state index in [2.05, 4.69) is 36.4 Å². The van der Waals surface area contributed by atoms with Crippen LogP contribution in [0.1, 0.15) is 78.7 Å². The molecule has 242 valence electrons. The minimum Gasteiger partial charge on any atom is -0.494 e. The summed E-state index contributed by atoms with van der Waals surface area (Å²) in [5.74, 6) is 0.0419. The first kappa shape index (κ1) is 39.9. The van der Waals surface area contributed by atoms with E-state index in [9.17, 15) is 14.4 Å². The van der Waals surface area contributed by atoms with Crippen molar-refractivity contribution in [1.82, 2.24) is 20.9 Å². The third kappa shape index (κ3) is 21.3. The lowest BCUT2D eigenvalue weighted by atomic mass is 10.1. The molecule has 0 saturated carbocycles. The molecule has 1 aromatic carbocycles. The summed E-state index contributed by atoms with van der Waals surface area (Å²) in [6.07, 6.45) is 11.1. The zero-order chi connectivity index (χ0) is 32.6. The molecule has 3 N–H and O–H groups in total. The highest BCUT2D eigenvalue weighted by molar-refractivity contribution is 6.30. The molecule has 3 amide bonds. The van der Waals surface area contributed by atoms with E-state index in [0.29, 0.717) is 19.5 Å². The van der Waals surface area contributed by atoms with Crippen LogP contribution in [0.5, 0.6) is 0 Å². The summed E-state index contributed by atoms with van der Waals surface area (Å²) in [4.78, 5) is 38.5. The maximum atomic E-state index is 13.0. The fourth-order valence-electron chi connectivity index (χ4n) is 3.74. The molecule has 0 bridgehead atoms. The average molecular weight is 619 g/mol. The van der Waals surface area contributed by atoms with Crippen molar-refractivity contribution >= 4 is 29.3 Å². The molecule has 0 heterocycles. The van der Waals surface area contributed by atoms with E-state index in [4.69, 9.17) is 16.3 Å². The number of likely N-dealkylation sites (N-methyl/N-ethyl adjacent to an activating group) is 1. The second-order valence-electron chi connectivity index (χ2n) is 10.7. The second-order valence-corrected chi connectivity index (χ2v) is 11.2. The van der Waals surface area contributed by atoms with E-state index in [1.54, 1.807) is 13.1 Å². The highest BCUT2D eigenvalue weighted by Crippen LogP contribution is 2.08. The van der Waals surface area contributed by atoms with Crippen molar-refractivity contribution < 1.29 is 19.1 Å². The van der Waals surface area contributed by atoms with Crippen LogP contribution in [0.2, 0.25) is 5.02 Å². The number of amides is 3. The fraction of sp³-hybridized carbons (Fsp3) is 0.559. The minimum atomic E-state index is -0.409. The number of hydrogen-bond acceptors (Lipinski definition) is 5. The smallest absolute Gasteiger partial charge is 0.240 e. The van der Waals surface area contributed by atoms with Crippen LogP contribution in [0.15, 0.2) is 60.4 Å². The van der Waals surface area contributed by atoms with Gasteiger partial charge in [-0.05, 0) is 58.7 Å². The van der Waals surface area contributed by atoms with Crippen LogP contribution < -0.4 is 16.0 Å². The molecule has 0 aromatic heterocycles. The Bertz CT molecular complexity index is 1000. The number of nitrogens with one attached hydrogen (secondary N) is 3. The zero-order valence-electron chi connectivity index (χ0n) is 27.4. The van der Waals surface area contributed by atoms with Gasteiger partial charge in [-0.3, -0.25) is 14.4 Å². The van der Waals surface area contributed by atoms with Gasteiger partial charge < -0.3 is 25.6 Å². The average Bonchev–Trinajstić information content (AvgIpc) is 2.98. The molecule has 2 atom stereocenters. The summed E-state index contributed by atoms with van der Waals surface area (Å²) < 4.78 is 5.89. The van der Waals surface area contributed by atoms with E-state index >= 15 is 0 Å². The lowest BCUT2D eigenvalue weighted by Gasteiger charge is -2.26. The van der Waals surface area contributed by atoms with E-state index in [0.717, 1.165) is 48.5 Å². The molecule has 8 nitrogen and oxygen atoms in total. The van der Waals surface area contributed by atoms with Crippen LogP contribution in [0.3, 0.4) is 0 Å². The van der Waals surface area contributed by atoms with Crippen molar-refractivity contribution in [2.75, 3.05) is 33.2 Å². The van der Waals surface area contributed by atoms with E-state index < -0.39 is 6.04 Å². The number of carbonyl (C=O) groups is 3. The SMILES string of the molecule is C=C/C(C)=C\C=C(/C)O[C@H](C)CNC(CCCC)C(=O)N(C)CC(=O)NCC(=O)NCCCCC.Cc1ccc(Cl)cc1. The first-order valence-electron chi connectivity index (χ1n) is 15.3. The highest BCUT2D eigenvalue weighted by Gasteiger charge is 2.23. The summed E-state index contributed by atoms with van der Waals surface area (Å²) >= 11 is 5.61. The van der Waals surface area contributed by atoms with E-state index in [1.165, 1.54) is 10.5 Å². The summed E-state index contributed by atoms with van der Waals surface area (Å²) in [5.41, 5.74) is 2.29. The summed E-state index contributed by atoms with van der Waals surface area (Å²) in [6, 6.07) is 7.34. The van der Waals surface area contributed by atoms with Crippen molar-refractivity contribution in [1.29, 1.82) is 0 Å². The summed E-state index contributed by atoms with van der Waals surface area (Å²) in [7, 11) is 1.61. The van der Waals surface area contributed by atoms with Crippen LogP contribution >= 0.6 is 11.6 Å². The molecule has 0 aliphatic rings. The molecule has 1 unspecified atom stereocenters.